The highest BCUT2D eigenvalue weighted by molar-refractivity contribution is 5.92. The van der Waals surface area contributed by atoms with Crippen molar-refractivity contribution in [2.24, 2.45) is 0 Å². The van der Waals surface area contributed by atoms with Gasteiger partial charge in [0.25, 0.3) is 5.91 Å². The largest absolute Gasteiger partial charge is 0.489 e. The van der Waals surface area contributed by atoms with Crippen LogP contribution in [0.4, 0.5) is 0 Å². The van der Waals surface area contributed by atoms with Crippen molar-refractivity contribution in [3.8, 4) is 5.75 Å². The minimum Gasteiger partial charge on any atom is -0.489 e. The predicted octanol–water partition coefficient (Wildman–Crippen LogP) is 2.71. The van der Waals surface area contributed by atoms with E-state index in [-0.39, 0.29) is 5.91 Å². The van der Waals surface area contributed by atoms with E-state index in [2.05, 4.69) is 16.9 Å². The number of aromatic nitrogens is 2. The van der Waals surface area contributed by atoms with E-state index in [9.17, 15) is 4.79 Å². The van der Waals surface area contributed by atoms with Crippen LogP contribution >= 0.6 is 0 Å². The fraction of sp³-hybridized carbons (Fsp3) is 0.333. The fourth-order valence-corrected chi connectivity index (χ4v) is 2.80. The maximum atomic E-state index is 12.4. The van der Waals surface area contributed by atoms with Crippen molar-refractivity contribution in [3.05, 3.63) is 60.2 Å². The standard InChI is InChI=1S/C18H21N3O2/c1-2-11-23-16-8-4-3-7-14(16)12-20-18(22)15-13-19-17-9-5-6-10-21(15)17/h2-4,7-8,13H,1,5-6,9-12H2,(H,20,22). The number of imidazole rings is 1. The summed E-state index contributed by atoms with van der Waals surface area (Å²) < 4.78 is 7.64. The summed E-state index contributed by atoms with van der Waals surface area (Å²) in [5.41, 5.74) is 1.59. The van der Waals surface area contributed by atoms with Crippen LogP contribution in [-0.2, 0) is 19.5 Å². The third-order valence-corrected chi connectivity index (χ3v) is 3.97. The van der Waals surface area contributed by atoms with Gasteiger partial charge in [-0.1, -0.05) is 30.9 Å². The molecule has 5 nitrogen and oxygen atoms in total. The highest BCUT2D eigenvalue weighted by atomic mass is 16.5. The molecule has 0 aliphatic carbocycles. The zero-order chi connectivity index (χ0) is 16.1. The number of nitrogens with zero attached hydrogens (tertiary/aromatic N) is 2. The smallest absolute Gasteiger partial charge is 0.269 e. The lowest BCUT2D eigenvalue weighted by atomic mass is 10.1. The van der Waals surface area contributed by atoms with Gasteiger partial charge in [-0.25, -0.2) is 4.98 Å². The van der Waals surface area contributed by atoms with Gasteiger partial charge in [0.1, 0.15) is 23.9 Å². The number of ether oxygens (including phenoxy) is 1. The Labute approximate surface area is 136 Å². The fourth-order valence-electron chi connectivity index (χ4n) is 2.80. The summed E-state index contributed by atoms with van der Waals surface area (Å²) in [6, 6.07) is 7.69. The lowest BCUT2D eigenvalue weighted by Crippen LogP contribution is -2.27. The number of nitrogens with one attached hydrogen (secondary N) is 1. The molecule has 0 saturated carbocycles. The second kappa shape index (κ2) is 7.13. The van der Waals surface area contributed by atoms with Crippen molar-refractivity contribution in [1.82, 2.24) is 14.9 Å². The van der Waals surface area contributed by atoms with Crippen molar-refractivity contribution < 1.29 is 9.53 Å². The second-order valence-electron chi connectivity index (χ2n) is 5.56. The molecule has 120 valence electrons. The van der Waals surface area contributed by atoms with Crippen LogP contribution in [0.3, 0.4) is 0 Å². The van der Waals surface area contributed by atoms with Crippen LogP contribution in [0.2, 0.25) is 0 Å². The lowest BCUT2D eigenvalue weighted by molar-refractivity contribution is 0.0940. The number of amides is 1. The number of benzene rings is 1. The molecule has 0 fully saturated rings. The average Bonchev–Trinajstić information content (AvgIpc) is 3.02. The monoisotopic (exact) mass is 311 g/mol. The van der Waals surface area contributed by atoms with Crippen LogP contribution in [0.5, 0.6) is 5.75 Å². The number of carbonyl (C=O) groups is 1. The first-order valence-corrected chi connectivity index (χ1v) is 7.94. The van der Waals surface area contributed by atoms with Crippen LogP contribution in [0.25, 0.3) is 0 Å². The van der Waals surface area contributed by atoms with Crippen LogP contribution in [0.1, 0.15) is 34.7 Å². The van der Waals surface area contributed by atoms with Crippen LogP contribution in [-0.4, -0.2) is 22.1 Å². The number of rotatable bonds is 6. The van der Waals surface area contributed by atoms with Crippen molar-refractivity contribution in [3.63, 3.8) is 0 Å². The van der Waals surface area contributed by atoms with Crippen molar-refractivity contribution in [2.75, 3.05) is 6.61 Å². The normalized spacial score (nSPS) is 13.2. The van der Waals surface area contributed by atoms with Crippen molar-refractivity contribution in [2.45, 2.75) is 32.4 Å². The first-order valence-electron chi connectivity index (χ1n) is 7.94. The van der Waals surface area contributed by atoms with Gasteiger partial charge in [0.2, 0.25) is 0 Å². The number of hydrogen-bond acceptors (Lipinski definition) is 3. The summed E-state index contributed by atoms with van der Waals surface area (Å²) in [6.07, 6.45) is 6.57. The van der Waals surface area contributed by atoms with E-state index in [1.807, 2.05) is 28.8 Å². The topological polar surface area (TPSA) is 56.1 Å². The molecule has 0 atom stereocenters. The van der Waals surface area contributed by atoms with E-state index in [1.54, 1.807) is 12.3 Å². The molecule has 1 aromatic heterocycles. The second-order valence-corrected chi connectivity index (χ2v) is 5.56. The lowest BCUT2D eigenvalue weighted by Gasteiger charge is -2.16. The Morgan fingerprint density at radius 1 is 1.39 bits per heavy atom. The third kappa shape index (κ3) is 3.44. The molecule has 1 N–H and O–H groups in total. The molecule has 1 aliphatic heterocycles. The zero-order valence-corrected chi connectivity index (χ0v) is 13.1. The highest BCUT2D eigenvalue weighted by Gasteiger charge is 2.18. The minimum atomic E-state index is -0.0934. The van der Waals surface area contributed by atoms with Gasteiger partial charge in [0.05, 0.1) is 6.20 Å². The Morgan fingerprint density at radius 3 is 3.13 bits per heavy atom. The molecule has 0 bridgehead atoms. The van der Waals surface area contributed by atoms with Gasteiger partial charge in [-0.3, -0.25) is 4.79 Å². The quantitative estimate of drug-likeness (QED) is 0.835. The van der Waals surface area contributed by atoms with Gasteiger partial charge in [0.15, 0.2) is 0 Å². The first-order chi connectivity index (χ1) is 11.3. The Kier molecular flexibility index (Phi) is 4.76. The number of fused-ring (bicyclic) bond motifs is 1. The molecule has 2 heterocycles. The van der Waals surface area contributed by atoms with E-state index >= 15 is 0 Å². The maximum absolute atomic E-state index is 12.4. The Bertz CT molecular complexity index is 706. The van der Waals surface area contributed by atoms with E-state index < -0.39 is 0 Å². The molecule has 0 saturated heterocycles. The summed E-state index contributed by atoms with van der Waals surface area (Å²) in [5, 5.41) is 2.96. The molecule has 23 heavy (non-hydrogen) atoms. The summed E-state index contributed by atoms with van der Waals surface area (Å²) in [7, 11) is 0. The van der Waals surface area contributed by atoms with Crippen molar-refractivity contribution >= 4 is 5.91 Å². The number of carbonyl (C=O) groups excluding carboxylic acids is 1. The molecule has 2 aromatic rings. The first kappa shape index (κ1) is 15.3. The SMILES string of the molecule is C=CCOc1ccccc1CNC(=O)c1cnc2n1CCCC2. The molecule has 5 heteroatoms. The van der Waals surface area contributed by atoms with Gasteiger partial charge in [-0.05, 0) is 18.9 Å². The van der Waals surface area contributed by atoms with Crippen molar-refractivity contribution in [1.29, 1.82) is 0 Å². The highest BCUT2D eigenvalue weighted by Crippen LogP contribution is 2.19. The molecule has 0 spiro atoms. The van der Waals surface area contributed by atoms with Crippen LogP contribution in [0.15, 0.2) is 43.1 Å². The Hall–Kier alpha value is -2.56. The van der Waals surface area contributed by atoms with E-state index in [4.69, 9.17) is 4.74 Å². The molecule has 0 radical (unpaired) electrons. The van der Waals surface area contributed by atoms with Crippen LogP contribution < -0.4 is 10.1 Å². The molecule has 1 amide bonds. The molecule has 1 aliphatic rings. The Balaban J connectivity index is 1.68. The average molecular weight is 311 g/mol. The number of hydrogen-bond donors (Lipinski definition) is 1. The summed E-state index contributed by atoms with van der Waals surface area (Å²) in [5.74, 6) is 1.68. The van der Waals surface area contributed by atoms with E-state index in [0.717, 1.165) is 42.9 Å². The molecule has 1 aromatic carbocycles. The summed E-state index contributed by atoms with van der Waals surface area (Å²) >= 11 is 0. The minimum absolute atomic E-state index is 0.0934. The van der Waals surface area contributed by atoms with Gasteiger partial charge in [0, 0.05) is 25.1 Å². The van der Waals surface area contributed by atoms with Crippen LogP contribution in [0, 0.1) is 0 Å². The van der Waals surface area contributed by atoms with Gasteiger partial charge < -0.3 is 14.6 Å². The van der Waals surface area contributed by atoms with Gasteiger partial charge >= 0.3 is 0 Å². The molecular formula is C18H21N3O2. The predicted molar refractivity (Wildman–Crippen MR) is 88.5 cm³/mol. The molecule has 0 unspecified atom stereocenters. The summed E-state index contributed by atoms with van der Waals surface area (Å²) in [4.78, 5) is 16.8. The molecular weight excluding hydrogens is 290 g/mol. The molecule has 3 rings (SSSR count). The van der Waals surface area contributed by atoms with E-state index in [1.165, 1.54) is 0 Å². The third-order valence-electron chi connectivity index (χ3n) is 3.97. The number of aryl methyl sites for hydroxylation is 1. The van der Waals surface area contributed by atoms with Gasteiger partial charge in [-0.2, -0.15) is 0 Å². The number of para-hydroxylation sites is 1. The maximum Gasteiger partial charge on any atom is 0.269 e. The van der Waals surface area contributed by atoms with E-state index in [0.29, 0.717) is 18.8 Å². The van der Waals surface area contributed by atoms with Gasteiger partial charge in [-0.15, -0.1) is 0 Å². The zero-order valence-electron chi connectivity index (χ0n) is 13.1. The summed E-state index contributed by atoms with van der Waals surface area (Å²) in [6.45, 7) is 5.39. The Morgan fingerprint density at radius 2 is 2.26 bits per heavy atom.